The normalized spacial score (nSPS) is 23.8. The van der Waals surface area contributed by atoms with Crippen LogP contribution < -0.4 is 11.1 Å². The maximum atomic E-state index is 11.3. The van der Waals surface area contributed by atoms with Gasteiger partial charge in [0.15, 0.2) is 0 Å². The molecule has 4 heteroatoms. The van der Waals surface area contributed by atoms with E-state index in [0.29, 0.717) is 0 Å². The maximum Gasteiger partial charge on any atom is 0.237 e. The molecule has 1 aromatic heterocycles. The number of hydrogen-bond acceptors (Lipinski definition) is 3. The van der Waals surface area contributed by atoms with Crippen LogP contribution in [0.2, 0.25) is 0 Å². The number of carbonyl (C=O) groups is 1. The Morgan fingerprint density at radius 1 is 1.50 bits per heavy atom. The van der Waals surface area contributed by atoms with E-state index in [1.807, 2.05) is 12.1 Å². The van der Waals surface area contributed by atoms with Crippen molar-refractivity contribution >= 4 is 5.91 Å². The molecule has 1 fully saturated rings. The van der Waals surface area contributed by atoms with Gasteiger partial charge < -0.3 is 11.1 Å². The fourth-order valence-electron chi connectivity index (χ4n) is 2.12. The molecule has 0 aliphatic carbocycles. The monoisotopic (exact) mass is 219 g/mol. The molecule has 16 heavy (non-hydrogen) atoms. The van der Waals surface area contributed by atoms with Gasteiger partial charge >= 0.3 is 0 Å². The Kier molecular flexibility index (Phi) is 3.19. The minimum Gasteiger partial charge on any atom is -0.368 e. The van der Waals surface area contributed by atoms with Crippen molar-refractivity contribution in [2.45, 2.75) is 31.2 Å². The van der Waals surface area contributed by atoms with E-state index in [1.54, 1.807) is 12.4 Å². The minimum atomic E-state index is -0.424. The molecule has 0 aromatic carbocycles. The fraction of sp³-hybridized carbons (Fsp3) is 0.500. The Balaban J connectivity index is 1.82. The molecule has 1 atom stereocenters. The summed E-state index contributed by atoms with van der Waals surface area (Å²) < 4.78 is 0. The van der Waals surface area contributed by atoms with Crippen molar-refractivity contribution in [3.05, 3.63) is 30.1 Å². The zero-order valence-corrected chi connectivity index (χ0v) is 9.28. The lowest BCUT2D eigenvalue weighted by Gasteiger charge is -2.40. The Labute approximate surface area is 95.3 Å². The number of aryl methyl sites for hydroxylation is 1. The van der Waals surface area contributed by atoms with Gasteiger partial charge in [-0.05, 0) is 49.9 Å². The summed E-state index contributed by atoms with van der Waals surface area (Å²) in [5, 5.41) is 3.16. The Morgan fingerprint density at radius 2 is 2.19 bits per heavy atom. The second-order valence-electron chi connectivity index (χ2n) is 4.33. The van der Waals surface area contributed by atoms with Crippen LogP contribution in [0.1, 0.15) is 24.8 Å². The summed E-state index contributed by atoms with van der Waals surface area (Å²) in [6.07, 6.45) is 7.23. The molecular formula is C12H17N3O. The number of amides is 1. The average molecular weight is 219 g/mol. The summed E-state index contributed by atoms with van der Waals surface area (Å²) in [7, 11) is 0. The molecule has 1 aromatic rings. The van der Waals surface area contributed by atoms with E-state index >= 15 is 0 Å². The first-order chi connectivity index (χ1) is 7.73. The predicted molar refractivity (Wildman–Crippen MR) is 61.7 cm³/mol. The fourth-order valence-corrected chi connectivity index (χ4v) is 2.12. The largest absolute Gasteiger partial charge is 0.368 e. The molecule has 86 valence electrons. The summed E-state index contributed by atoms with van der Waals surface area (Å²) in [6, 6.07) is 4.01. The van der Waals surface area contributed by atoms with Gasteiger partial charge in [-0.15, -0.1) is 0 Å². The first-order valence-corrected chi connectivity index (χ1v) is 5.67. The number of primary amides is 1. The number of nitrogens with zero attached hydrogens (tertiary/aromatic N) is 1. The van der Waals surface area contributed by atoms with E-state index in [0.717, 1.165) is 32.2 Å². The Hall–Kier alpha value is -1.42. The van der Waals surface area contributed by atoms with Gasteiger partial charge in [-0.1, -0.05) is 0 Å². The van der Waals surface area contributed by atoms with Crippen molar-refractivity contribution in [2.75, 3.05) is 6.54 Å². The van der Waals surface area contributed by atoms with E-state index in [9.17, 15) is 4.79 Å². The zero-order valence-electron chi connectivity index (χ0n) is 9.28. The molecule has 0 radical (unpaired) electrons. The van der Waals surface area contributed by atoms with Crippen LogP contribution in [0.25, 0.3) is 0 Å². The molecule has 1 saturated heterocycles. The van der Waals surface area contributed by atoms with Crippen molar-refractivity contribution in [3.8, 4) is 0 Å². The number of nitrogens with one attached hydrogen (secondary N) is 1. The van der Waals surface area contributed by atoms with Gasteiger partial charge in [0.05, 0.1) is 5.54 Å². The summed E-state index contributed by atoms with van der Waals surface area (Å²) >= 11 is 0. The van der Waals surface area contributed by atoms with E-state index < -0.39 is 5.54 Å². The SMILES string of the molecule is NC(=O)[C@@]1(CCCc2ccncc2)CCN1. The molecule has 4 nitrogen and oxygen atoms in total. The lowest BCUT2D eigenvalue weighted by Crippen LogP contribution is -2.64. The number of aromatic nitrogens is 1. The summed E-state index contributed by atoms with van der Waals surface area (Å²) in [6.45, 7) is 0.901. The first kappa shape index (κ1) is 11.1. The van der Waals surface area contributed by atoms with Gasteiger partial charge in [0.1, 0.15) is 0 Å². The third-order valence-corrected chi connectivity index (χ3v) is 3.31. The molecule has 1 aliphatic heterocycles. The molecule has 2 heterocycles. The highest BCUT2D eigenvalue weighted by Gasteiger charge is 2.41. The van der Waals surface area contributed by atoms with Crippen LogP contribution in [0.5, 0.6) is 0 Å². The topological polar surface area (TPSA) is 68.0 Å². The smallest absolute Gasteiger partial charge is 0.237 e. The highest BCUT2D eigenvalue weighted by Crippen LogP contribution is 2.24. The predicted octanol–water partition coefficient (Wildman–Crippen LogP) is 0.622. The molecule has 0 unspecified atom stereocenters. The highest BCUT2D eigenvalue weighted by atomic mass is 16.1. The molecule has 0 saturated carbocycles. The van der Waals surface area contributed by atoms with Crippen molar-refractivity contribution in [3.63, 3.8) is 0 Å². The van der Waals surface area contributed by atoms with Crippen LogP contribution in [0.4, 0.5) is 0 Å². The standard InChI is InChI=1S/C12H17N3O/c13-11(16)12(6-9-15-12)5-1-2-10-3-7-14-8-4-10/h3-4,7-8,15H,1-2,5-6,9H2,(H2,13,16)/t12-/m1/s1. The van der Waals surface area contributed by atoms with Gasteiger partial charge in [-0.2, -0.15) is 0 Å². The minimum absolute atomic E-state index is 0.214. The van der Waals surface area contributed by atoms with E-state index in [1.165, 1.54) is 5.56 Å². The number of rotatable bonds is 5. The number of nitrogens with two attached hydrogens (primary N) is 1. The molecule has 1 aliphatic rings. The molecule has 2 rings (SSSR count). The summed E-state index contributed by atoms with van der Waals surface area (Å²) in [4.78, 5) is 15.3. The van der Waals surface area contributed by atoms with Gasteiger partial charge in [-0.25, -0.2) is 0 Å². The van der Waals surface area contributed by atoms with E-state index in [-0.39, 0.29) is 5.91 Å². The molecule has 3 N–H and O–H groups in total. The maximum absolute atomic E-state index is 11.3. The third-order valence-electron chi connectivity index (χ3n) is 3.31. The van der Waals surface area contributed by atoms with Crippen molar-refractivity contribution < 1.29 is 4.79 Å². The van der Waals surface area contributed by atoms with Gasteiger partial charge in [0, 0.05) is 12.4 Å². The number of pyridine rings is 1. The third kappa shape index (κ3) is 2.22. The van der Waals surface area contributed by atoms with Gasteiger partial charge in [-0.3, -0.25) is 9.78 Å². The van der Waals surface area contributed by atoms with Crippen LogP contribution in [0.3, 0.4) is 0 Å². The van der Waals surface area contributed by atoms with Crippen LogP contribution in [-0.4, -0.2) is 23.0 Å². The number of carbonyl (C=O) groups excluding carboxylic acids is 1. The van der Waals surface area contributed by atoms with Crippen LogP contribution in [0.15, 0.2) is 24.5 Å². The second kappa shape index (κ2) is 4.61. The van der Waals surface area contributed by atoms with Gasteiger partial charge in [0.25, 0.3) is 0 Å². The summed E-state index contributed by atoms with van der Waals surface area (Å²) in [5.74, 6) is -0.214. The van der Waals surface area contributed by atoms with Crippen molar-refractivity contribution in [1.82, 2.24) is 10.3 Å². The van der Waals surface area contributed by atoms with E-state index in [4.69, 9.17) is 5.73 Å². The Bertz CT molecular complexity index is 360. The quantitative estimate of drug-likeness (QED) is 0.763. The molecule has 0 spiro atoms. The van der Waals surface area contributed by atoms with Crippen molar-refractivity contribution in [2.24, 2.45) is 5.73 Å². The molecule has 0 bridgehead atoms. The first-order valence-electron chi connectivity index (χ1n) is 5.67. The van der Waals surface area contributed by atoms with Gasteiger partial charge in [0.2, 0.25) is 5.91 Å². The molecular weight excluding hydrogens is 202 g/mol. The number of hydrogen-bond donors (Lipinski definition) is 2. The van der Waals surface area contributed by atoms with E-state index in [2.05, 4.69) is 10.3 Å². The zero-order chi connectivity index (χ0) is 11.4. The Morgan fingerprint density at radius 3 is 2.69 bits per heavy atom. The second-order valence-corrected chi connectivity index (χ2v) is 4.33. The summed E-state index contributed by atoms with van der Waals surface area (Å²) in [5.41, 5.74) is 6.24. The van der Waals surface area contributed by atoms with Crippen LogP contribution >= 0.6 is 0 Å². The highest BCUT2D eigenvalue weighted by molar-refractivity contribution is 5.85. The molecule has 1 amide bonds. The lowest BCUT2D eigenvalue weighted by molar-refractivity contribution is -0.127. The van der Waals surface area contributed by atoms with Crippen LogP contribution in [-0.2, 0) is 11.2 Å². The van der Waals surface area contributed by atoms with Crippen LogP contribution in [0, 0.1) is 0 Å². The lowest BCUT2D eigenvalue weighted by atomic mass is 9.82. The average Bonchev–Trinajstić information content (AvgIpc) is 2.23. The van der Waals surface area contributed by atoms with Crippen molar-refractivity contribution in [1.29, 1.82) is 0 Å².